The Morgan fingerprint density at radius 2 is 1.50 bits per heavy atom. The van der Waals surface area contributed by atoms with E-state index in [1.807, 2.05) is 27.7 Å². The quantitative estimate of drug-likeness (QED) is 0.0934. The van der Waals surface area contributed by atoms with Crippen molar-refractivity contribution in [3.05, 3.63) is 25.3 Å². The van der Waals surface area contributed by atoms with Crippen LogP contribution in [0.3, 0.4) is 0 Å². The summed E-state index contributed by atoms with van der Waals surface area (Å²) < 4.78 is 0. The van der Waals surface area contributed by atoms with Crippen LogP contribution in [0.2, 0.25) is 0 Å². The van der Waals surface area contributed by atoms with Crippen LogP contribution < -0.4 is 27.8 Å². The smallest absolute Gasteiger partial charge is 0.243 e. The molecule has 3 amide bonds. The number of nitrogens with zero attached hydrogens (tertiary/aromatic N) is 1. The summed E-state index contributed by atoms with van der Waals surface area (Å²) in [4.78, 5) is 40.3. The predicted octanol–water partition coefficient (Wildman–Crippen LogP) is 1.33. The van der Waals surface area contributed by atoms with Crippen molar-refractivity contribution in [2.24, 2.45) is 34.0 Å². The van der Waals surface area contributed by atoms with Crippen molar-refractivity contribution >= 4 is 23.7 Å². The van der Waals surface area contributed by atoms with Crippen LogP contribution in [0.25, 0.3) is 0 Å². The molecule has 0 aromatic heterocycles. The van der Waals surface area contributed by atoms with Gasteiger partial charge in [0, 0.05) is 6.54 Å². The summed E-state index contributed by atoms with van der Waals surface area (Å²) in [5.41, 5.74) is 15.9. The van der Waals surface area contributed by atoms with Crippen molar-refractivity contribution in [1.82, 2.24) is 10.6 Å². The minimum absolute atomic E-state index is 0.0528. The topological polar surface area (TPSA) is 186 Å². The molecule has 3 atom stereocenters. The van der Waals surface area contributed by atoms with E-state index in [0.717, 1.165) is 0 Å². The highest BCUT2D eigenvalue weighted by Crippen LogP contribution is 2.09. The van der Waals surface area contributed by atoms with Crippen LogP contribution in [0.5, 0.6) is 0 Å². The van der Waals surface area contributed by atoms with Gasteiger partial charge in [-0.25, -0.2) is 0 Å². The number of nitrogens with two attached hydrogens (primary N) is 3. The molecule has 0 aromatic rings. The monoisotopic (exact) mass is 484 g/mol. The zero-order valence-corrected chi connectivity index (χ0v) is 21.8. The molecular weight excluding hydrogens is 436 g/mol. The first kappa shape index (κ1) is 35.7. The van der Waals surface area contributed by atoms with E-state index in [9.17, 15) is 19.5 Å². The van der Waals surface area contributed by atoms with Gasteiger partial charge in [0.1, 0.15) is 12.1 Å². The minimum atomic E-state index is -0.894. The molecule has 10 nitrogen and oxygen atoms in total. The van der Waals surface area contributed by atoms with Crippen LogP contribution in [0.15, 0.2) is 30.3 Å². The van der Waals surface area contributed by atoms with Gasteiger partial charge in [0.15, 0.2) is 5.96 Å². The Bertz CT molecular complexity index is 625. The van der Waals surface area contributed by atoms with E-state index < -0.39 is 35.9 Å². The Kier molecular flexibility index (Phi) is 23.0. The maximum Gasteiger partial charge on any atom is 0.243 e. The van der Waals surface area contributed by atoms with E-state index in [1.165, 1.54) is 0 Å². The van der Waals surface area contributed by atoms with E-state index in [1.54, 1.807) is 26.0 Å². The molecular formula is C24H48N6O4. The summed E-state index contributed by atoms with van der Waals surface area (Å²) in [7, 11) is 0. The van der Waals surface area contributed by atoms with Gasteiger partial charge in [-0.1, -0.05) is 66.9 Å². The fourth-order valence-electron chi connectivity index (χ4n) is 2.44. The molecule has 10 heteroatoms. The van der Waals surface area contributed by atoms with Crippen LogP contribution in [0.1, 0.15) is 67.2 Å². The van der Waals surface area contributed by atoms with Crippen LogP contribution >= 0.6 is 0 Å². The second-order valence-electron chi connectivity index (χ2n) is 8.15. The fraction of sp³-hybridized carbons (Fsp3) is 0.667. The fourth-order valence-corrected chi connectivity index (χ4v) is 2.44. The summed E-state index contributed by atoms with van der Waals surface area (Å²) in [5, 5.41) is 15.1. The molecule has 0 heterocycles. The number of hydrogen-bond donors (Lipinski definition) is 6. The van der Waals surface area contributed by atoms with Gasteiger partial charge in [-0.3, -0.25) is 19.4 Å². The van der Waals surface area contributed by atoms with Gasteiger partial charge in [-0.05, 0) is 31.1 Å². The average molecular weight is 485 g/mol. The minimum Gasteiger partial charge on any atom is -0.392 e. The zero-order valence-electron chi connectivity index (χ0n) is 21.8. The number of nitrogens with one attached hydrogen (secondary N) is 2. The van der Waals surface area contributed by atoms with Crippen LogP contribution in [-0.4, -0.2) is 53.5 Å². The van der Waals surface area contributed by atoms with E-state index in [-0.39, 0.29) is 30.6 Å². The molecule has 0 spiro atoms. The number of primary amides is 1. The summed E-state index contributed by atoms with van der Waals surface area (Å²) >= 11 is 0. The normalized spacial score (nSPS) is 12.5. The highest BCUT2D eigenvalue weighted by atomic mass is 16.3. The van der Waals surface area contributed by atoms with Crippen molar-refractivity contribution in [1.29, 1.82) is 0 Å². The van der Waals surface area contributed by atoms with Gasteiger partial charge in [0.25, 0.3) is 0 Å². The molecule has 0 aliphatic rings. The van der Waals surface area contributed by atoms with Crippen molar-refractivity contribution in [3.8, 4) is 0 Å². The van der Waals surface area contributed by atoms with E-state index >= 15 is 0 Å². The van der Waals surface area contributed by atoms with Gasteiger partial charge in [0.05, 0.1) is 12.5 Å². The van der Waals surface area contributed by atoms with Crippen LogP contribution in [0.4, 0.5) is 0 Å². The highest BCUT2D eigenvalue weighted by Gasteiger charge is 2.27. The Labute approximate surface area is 205 Å². The molecule has 0 bridgehead atoms. The Morgan fingerprint density at radius 3 is 1.88 bits per heavy atom. The molecule has 0 saturated heterocycles. The number of aliphatic imine (C=N–C) groups is 1. The number of amides is 3. The molecule has 0 aromatic carbocycles. The lowest BCUT2D eigenvalue weighted by molar-refractivity contribution is -0.132. The number of aliphatic hydroxyl groups excluding tert-OH is 1. The second kappa shape index (κ2) is 21.9. The van der Waals surface area contributed by atoms with Gasteiger partial charge < -0.3 is 32.9 Å². The van der Waals surface area contributed by atoms with E-state index in [4.69, 9.17) is 17.2 Å². The Balaban J connectivity index is -0.00000144. The first-order valence-electron chi connectivity index (χ1n) is 11.7. The third-order valence-electron chi connectivity index (χ3n) is 4.29. The number of hydrogen-bond acceptors (Lipinski definition) is 5. The maximum absolute atomic E-state index is 12.6. The summed E-state index contributed by atoms with van der Waals surface area (Å²) in [6.45, 7) is 18.5. The summed E-state index contributed by atoms with van der Waals surface area (Å²) in [6, 6.07) is -1.72. The van der Waals surface area contributed by atoms with Crippen LogP contribution in [0, 0.1) is 11.8 Å². The first-order chi connectivity index (χ1) is 15.8. The number of allylic oxidation sites excluding steroid dienone is 2. The van der Waals surface area contributed by atoms with Gasteiger partial charge in [0.2, 0.25) is 17.7 Å². The third-order valence-corrected chi connectivity index (χ3v) is 4.29. The molecule has 0 aliphatic heterocycles. The lowest BCUT2D eigenvalue weighted by Gasteiger charge is -2.24. The third kappa shape index (κ3) is 21.0. The van der Waals surface area contributed by atoms with Crippen molar-refractivity contribution in [2.75, 3.05) is 6.54 Å². The zero-order chi connectivity index (χ0) is 27.3. The van der Waals surface area contributed by atoms with E-state index in [2.05, 4.69) is 28.8 Å². The van der Waals surface area contributed by atoms with E-state index in [0.29, 0.717) is 19.4 Å². The molecule has 0 rings (SSSR count). The van der Waals surface area contributed by atoms with Gasteiger partial charge in [-0.2, -0.15) is 0 Å². The second-order valence-corrected chi connectivity index (χ2v) is 8.15. The highest BCUT2D eigenvalue weighted by molar-refractivity contribution is 5.91. The summed E-state index contributed by atoms with van der Waals surface area (Å²) in [6.07, 6.45) is 3.49. The Morgan fingerprint density at radius 1 is 0.971 bits per heavy atom. The number of carbonyl (C=O) groups is 3. The molecule has 198 valence electrons. The molecule has 34 heavy (non-hydrogen) atoms. The maximum atomic E-state index is 12.6. The largest absolute Gasteiger partial charge is 0.392 e. The van der Waals surface area contributed by atoms with Gasteiger partial charge >= 0.3 is 0 Å². The number of carbonyl (C=O) groups excluding carboxylic acids is 3. The molecule has 2 unspecified atom stereocenters. The first-order valence-corrected chi connectivity index (χ1v) is 11.7. The molecule has 0 radical (unpaired) electrons. The molecule has 0 aliphatic carbocycles. The number of guanidine groups is 1. The summed E-state index contributed by atoms with van der Waals surface area (Å²) in [5.74, 6) is -1.60. The SMILES string of the molecule is C=CC=C.CC.CC(C)C[C@H](NC(=O)CC(O)C(C)C)C(=O)NC(CCCN=C(N)N)C(N)=O. The lowest BCUT2D eigenvalue weighted by atomic mass is 10.0. The lowest BCUT2D eigenvalue weighted by Crippen LogP contribution is -2.53. The van der Waals surface area contributed by atoms with Crippen LogP contribution in [-0.2, 0) is 14.4 Å². The van der Waals surface area contributed by atoms with Crippen molar-refractivity contribution in [2.45, 2.75) is 85.4 Å². The molecule has 0 saturated carbocycles. The number of aliphatic hydroxyl groups is 1. The number of rotatable bonds is 14. The molecule has 0 fully saturated rings. The average Bonchev–Trinajstić information content (AvgIpc) is 2.75. The predicted molar refractivity (Wildman–Crippen MR) is 140 cm³/mol. The van der Waals surface area contributed by atoms with Crippen molar-refractivity contribution < 1.29 is 19.5 Å². The van der Waals surface area contributed by atoms with Crippen molar-refractivity contribution in [3.63, 3.8) is 0 Å². The van der Waals surface area contributed by atoms with Gasteiger partial charge in [-0.15, -0.1) is 0 Å². The Hall–Kier alpha value is -2.88. The standard InChI is InChI=1S/C18H36N6O4.C4H6.C2H6/c1-10(2)8-13(23-15(26)9-14(25)11(3)4)17(28)24-12(16(19)27)6-5-7-22-18(20)21;1-3-4-2;1-2/h10-14,25H,5-9H2,1-4H3,(H2,19,27)(H,23,26)(H,24,28)(H4,20,21,22);3-4H,1-2H2;1-2H3/t12?,13-,14?;;/m0../s1. The molecule has 9 N–H and O–H groups in total.